The van der Waals surface area contributed by atoms with Crippen molar-refractivity contribution in [2.45, 2.75) is 46.5 Å². The number of esters is 1. The molecule has 0 aliphatic carbocycles. The molecule has 2 heteroatoms. The van der Waals surface area contributed by atoms with E-state index in [4.69, 9.17) is 4.74 Å². The van der Waals surface area contributed by atoms with Gasteiger partial charge in [0.15, 0.2) is 0 Å². The molecule has 0 radical (unpaired) electrons. The Hall–Kier alpha value is -1.57. The van der Waals surface area contributed by atoms with Crippen molar-refractivity contribution in [1.82, 2.24) is 0 Å². The van der Waals surface area contributed by atoms with Crippen LogP contribution in [0.15, 0.2) is 30.3 Å². The van der Waals surface area contributed by atoms with Gasteiger partial charge in [-0.1, -0.05) is 57.4 Å². The minimum atomic E-state index is -0.216. The summed E-state index contributed by atoms with van der Waals surface area (Å²) in [6, 6.07) is 7.52. The summed E-state index contributed by atoms with van der Waals surface area (Å²) in [7, 11) is 0. The van der Waals surface area contributed by atoms with Crippen LogP contribution in [0.1, 0.15) is 62.4 Å². The monoisotopic (exact) mass is 274 g/mol. The minimum absolute atomic E-state index is 0.216. The zero-order chi connectivity index (χ0) is 14.8. The summed E-state index contributed by atoms with van der Waals surface area (Å²) in [6.07, 6.45) is 8.58. The molecule has 1 aromatic carbocycles. The van der Waals surface area contributed by atoms with Gasteiger partial charge in [-0.05, 0) is 37.0 Å². The Labute approximate surface area is 122 Å². The van der Waals surface area contributed by atoms with E-state index in [1.54, 1.807) is 0 Å². The maximum atomic E-state index is 12.0. The molecule has 20 heavy (non-hydrogen) atoms. The van der Waals surface area contributed by atoms with E-state index in [1.165, 1.54) is 12.8 Å². The van der Waals surface area contributed by atoms with E-state index in [1.807, 2.05) is 43.3 Å². The van der Waals surface area contributed by atoms with Crippen molar-refractivity contribution in [3.63, 3.8) is 0 Å². The SMILES string of the molecule is CC=Cc1ccc(C(=O)OCC(CC)CCCC)cc1. The van der Waals surface area contributed by atoms with Crippen molar-refractivity contribution < 1.29 is 9.53 Å². The highest BCUT2D eigenvalue weighted by Crippen LogP contribution is 2.14. The fraction of sp³-hybridized carbons (Fsp3) is 0.500. The second-order valence-electron chi connectivity index (χ2n) is 5.14. The Morgan fingerprint density at radius 3 is 2.50 bits per heavy atom. The summed E-state index contributed by atoms with van der Waals surface area (Å²) in [5, 5.41) is 0. The van der Waals surface area contributed by atoms with Crippen LogP contribution in [0.25, 0.3) is 6.08 Å². The average Bonchev–Trinajstić information content (AvgIpc) is 2.48. The first-order valence-electron chi connectivity index (χ1n) is 7.61. The van der Waals surface area contributed by atoms with Gasteiger partial charge in [-0.25, -0.2) is 4.79 Å². The van der Waals surface area contributed by atoms with Crippen molar-refractivity contribution in [2.75, 3.05) is 6.61 Å². The summed E-state index contributed by atoms with van der Waals surface area (Å²) >= 11 is 0. The maximum absolute atomic E-state index is 12.0. The number of unbranched alkanes of at least 4 members (excludes halogenated alkanes) is 1. The van der Waals surface area contributed by atoms with Crippen LogP contribution in [-0.4, -0.2) is 12.6 Å². The van der Waals surface area contributed by atoms with E-state index < -0.39 is 0 Å². The first-order valence-corrected chi connectivity index (χ1v) is 7.61. The van der Waals surface area contributed by atoms with Gasteiger partial charge >= 0.3 is 5.97 Å². The summed E-state index contributed by atoms with van der Waals surface area (Å²) < 4.78 is 5.42. The number of hydrogen-bond acceptors (Lipinski definition) is 2. The van der Waals surface area contributed by atoms with Crippen LogP contribution in [0, 0.1) is 5.92 Å². The molecule has 110 valence electrons. The zero-order valence-corrected chi connectivity index (χ0v) is 12.9. The van der Waals surface area contributed by atoms with E-state index in [0.29, 0.717) is 18.1 Å². The number of carbonyl (C=O) groups is 1. The van der Waals surface area contributed by atoms with Crippen LogP contribution in [0.2, 0.25) is 0 Å². The van der Waals surface area contributed by atoms with Gasteiger partial charge in [0, 0.05) is 0 Å². The van der Waals surface area contributed by atoms with E-state index in [9.17, 15) is 4.79 Å². The van der Waals surface area contributed by atoms with Gasteiger partial charge in [0.2, 0.25) is 0 Å². The van der Waals surface area contributed by atoms with Crippen LogP contribution >= 0.6 is 0 Å². The van der Waals surface area contributed by atoms with Crippen molar-refractivity contribution in [3.05, 3.63) is 41.5 Å². The fourth-order valence-electron chi connectivity index (χ4n) is 2.10. The molecular weight excluding hydrogens is 248 g/mol. The molecule has 2 nitrogen and oxygen atoms in total. The molecule has 0 amide bonds. The molecule has 1 aromatic rings. The van der Waals surface area contributed by atoms with E-state index >= 15 is 0 Å². The first-order chi connectivity index (χ1) is 9.71. The number of ether oxygens (including phenoxy) is 1. The lowest BCUT2D eigenvalue weighted by Gasteiger charge is -2.14. The Bertz CT molecular complexity index is 418. The molecule has 0 saturated heterocycles. The first kappa shape index (κ1) is 16.5. The van der Waals surface area contributed by atoms with Crippen molar-refractivity contribution in [3.8, 4) is 0 Å². The van der Waals surface area contributed by atoms with E-state index in [2.05, 4.69) is 13.8 Å². The lowest BCUT2D eigenvalue weighted by molar-refractivity contribution is 0.0428. The molecule has 0 aromatic heterocycles. The molecule has 0 bridgehead atoms. The van der Waals surface area contributed by atoms with Crippen molar-refractivity contribution in [1.29, 1.82) is 0 Å². The summed E-state index contributed by atoms with van der Waals surface area (Å²) in [5.74, 6) is 0.271. The third-order valence-corrected chi connectivity index (χ3v) is 3.50. The lowest BCUT2D eigenvalue weighted by Crippen LogP contribution is -2.14. The Balaban J connectivity index is 2.49. The van der Waals surface area contributed by atoms with Crippen LogP contribution < -0.4 is 0 Å². The highest BCUT2D eigenvalue weighted by molar-refractivity contribution is 5.89. The molecule has 0 saturated carbocycles. The molecule has 0 N–H and O–H groups in total. The number of benzene rings is 1. The third-order valence-electron chi connectivity index (χ3n) is 3.50. The standard InChI is InChI=1S/C18H26O2/c1-4-7-9-15(6-3)14-20-18(19)17-12-10-16(8-5-2)11-13-17/h5,8,10-13,15H,4,6-7,9,14H2,1-3H3. The summed E-state index contributed by atoms with van der Waals surface area (Å²) in [6.45, 7) is 6.85. The molecule has 0 spiro atoms. The second kappa shape index (κ2) is 9.35. The number of hydrogen-bond donors (Lipinski definition) is 0. The highest BCUT2D eigenvalue weighted by atomic mass is 16.5. The molecular formula is C18H26O2. The van der Waals surface area contributed by atoms with Gasteiger partial charge in [-0.15, -0.1) is 0 Å². The van der Waals surface area contributed by atoms with Crippen molar-refractivity contribution in [2.24, 2.45) is 5.92 Å². The number of allylic oxidation sites excluding steroid dienone is 1. The van der Waals surface area contributed by atoms with Gasteiger partial charge in [0.25, 0.3) is 0 Å². The smallest absolute Gasteiger partial charge is 0.338 e. The zero-order valence-electron chi connectivity index (χ0n) is 12.9. The Kier molecular flexibility index (Phi) is 7.71. The predicted octanol–water partition coefficient (Wildman–Crippen LogP) is 5.09. The molecule has 1 atom stereocenters. The average molecular weight is 274 g/mol. The highest BCUT2D eigenvalue weighted by Gasteiger charge is 2.11. The minimum Gasteiger partial charge on any atom is -0.462 e. The van der Waals surface area contributed by atoms with Crippen LogP contribution in [-0.2, 0) is 4.74 Å². The second-order valence-corrected chi connectivity index (χ2v) is 5.14. The van der Waals surface area contributed by atoms with Crippen molar-refractivity contribution >= 4 is 12.0 Å². The lowest BCUT2D eigenvalue weighted by atomic mass is 10.0. The van der Waals surface area contributed by atoms with Gasteiger partial charge in [-0.2, -0.15) is 0 Å². The molecule has 1 rings (SSSR count). The molecule has 0 aliphatic heterocycles. The molecule has 0 aliphatic rings. The number of rotatable bonds is 8. The normalized spacial score (nSPS) is 12.6. The van der Waals surface area contributed by atoms with Gasteiger partial charge in [0.05, 0.1) is 12.2 Å². The maximum Gasteiger partial charge on any atom is 0.338 e. The van der Waals surface area contributed by atoms with Gasteiger partial charge in [-0.3, -0.25) is 0 Å². The summed E-state index contributed by atoms with van der Waals surface area (Å²) in [4.78, 5) is 12.0. The molecule has 0 heterocycles. The van der Waals surface area contributed by atoms with Gasteiger partial charge in [0.1, 0.15) is 0 Å². The predicted molar refractivity (Wildman–Crippen MR) is 84.7 cm³/mol. The third kappa shape index (κ3) is 5.60. The molecule has 1 unspecified atom stereocenters. The Morgan fingerprint density at radius 2 is 1.95 bits per heavy atom. The summed E-state index contributed by atoms with van der Waals surface area (Å²) in [5.41, 5.74) is 1.72. The van der Waals surface area contributed by atoms with Crippen LogP contribution in [0.4, 0.5) is 0 Å². The van der Waals surface area contributed by atoms with E-state index in [-0.39, 0.29) is 5.97 Å². The quantitative estimate of drug-likeness (QED) is 0.617. The fourth-order valence-corrected chi connectivity index (χ4v) is 2.10. The van der Waals surface area contributed by atoms with Crippen LogP contribution in [0.3, 0.4) is 0 Å². The van der Waals surface area contributed by atoms with Crippen LogP contribution in [0.5, 0.6) is 0 Å². The number of carbonyl (C=O) groups excluding carboxylic acids is 1. The van der Waals surface area contributed by atoms with Gasteiger partial charge < -0.3 is 4.74 Å². The topological polar surface area (TPSA) is 26.3 Å². The Morgan fingerprint density at radius 1 is 1.25 bits per heavy atom. The molecule has 0 fully saturated rings. The largest absolute Gasteiger partial charge is 0.462 e. The van der Waals surface area contributed by atoms with E-state index in [0.717, 1.165) is 18.4 Å².